The number of carbonyl (C=O) groups is 2. The molecule has 34 heavy (non-hydrogen) atoms. The number of nitrogens with one attached hydrogen (secondary N) is 1. The quantitative estimate of drug-likeness (QED) is 0.553. The number of hydrogen-bond acceptors (Lipinski definition) is 2. The van der Waals surface area contributed by atoms with Crippen LogP contribution in [0, 0.1) is 19.7 Å². The third kappa shape index (κ3) is 4.98. The minimum Gasteiger partial charge on any atom is -0.348 e. The van der Waals surface area contributed by atoms with Gasteiger partial charge in [-0.05, 0) is 61.7 Å². The summed E-state index contributed by atoms with van der Waals surface area (Å²) >= 11 is 0. The van der Waals surface area contributed by atoms with Gasteiger partial charge < -0.3 is 19.7 Å². The highest BCUT2D eigenvalue weighted by molar-refractivity contribution is 5.93. The van der Waals surface area contributed by atoms with Crippen molar-refractivity contribution >= 4 is 17.6 Å². The summed E-state index contributed by atoms with van der Waals surface area (Å²) in [7, 11) is 0. The molecule has 2 heterocycles. The minimum atomic E-state index is -0.405. The van der Waals surface area contributed by atoms with Gasteiger partial charge in [0.15, 0.2) is 0 Å². The first-order valence-corrected chi connectivity index (χ1v) is 11.7. The molecule has 1 atom stereocenters. The molecule has 1 aliphatic rings. The van der Waals surface area contributed by atoms with E-state index >= 15 is 0 Å². The Balaban J connectivity index is 1.56. The van der Waals surface area contributed by atoms with Crippen molar-refractivity contribution < 1.29 is 14.0 Å². The Bertz CT molecular complexity index is 1190. The zero-order valence-corrected chi connectivity index (χ0v) is 19.9. The maximum Gasteiger partial charge on any atom is 0.322 e. The smallest absolute Gasteiger partial charge is 0.322 e. The van der Waals surface area contributed by atoms with Crippen molar-refractivity contribution in [1.29, 1.82) is 0 Å². The molecule has 3 aromatic rings. The lowest BCUT2D eigenvalue weighted by Gasteiger charge is -2.38. The molecule has 6 nitrogen and oxygen atoms in total. The number of aryl methyl sites for hydroxylation is 2. The first-order valence-electron chi connectivity index (χ1n) is 11.7. The summed E-state index contributed by atoms with van der Waals surface area (Å²) in [6.07, 6.45) is 2.70. The Morgan fingerprint density at radius 3 is 2.65 bits per heavy atom. The molecule has 0 aliphatic carbocycles. The summed E-state index contributed by atoms with van der Waals surface area (Å²) in [5.41, 5.74) is 4.48. The van der Waals surface area contributed by atoms with E-state index in [1.54, 1.807) is 15.9 Å². The molecular formula is C27H31FN4O2. The van der Waals surface area contributed by atoms with E-state index in [1.807, 2.05) is 63.4 Å². The van der Waals surface area contributed by atoms with Crippen molar-refractivity contribution in [2.75, 3.05) is 25.0 Å². The fourth-order valence-corrected chi connectivity index (χ4v) is 4.60. The molecule has 7 heteroatoms. The maximum absolute atomic E-state index is 14.1. The highest BCUT2D eigenvalue weighted by atomic mass is 19.1. The van der Waals surface area contributed by atoms with E-state index in [-0.39, 0.29) is 24.3 Å². The molecular weight excluding hydrogens is 431 g/mol. The van der Waals surface area contributed by atoms with Crippen molar-refractivity contribution in [3.8, 4) is 0 Å². The highest BCUT2D eigenvalue weighted by Gasteiger charge is 2.33. The van der Waals surface area contributed by atoms with Crippen molar-refractivity contribution in [3.05, 3.63) is 89.0 Å². The SMILES string of the molecule is CCCN(CC(=O)N1CCn2cccc2C1c1cccc(F)c1)C(=O)Nc1ccc(C)cc1C. The molecule has 1 aromatic heterocycles. The normalized spacial score (nSPS) is 15.1. The number of urea groups is 1. The van der Waals surface area contributed by atoms with E-state index in [1.165, 1.54) is 12.1 Å². The van der Waals surface area contributed by atoms with Crippen LogP contribution in [0.1, 0.15) is 41.8 Å². The van der Waals surface area contributed by atoms with E-state index in [0.29, 0.717) is 19.6 Å². The predicted octanol–water partition coefficient (Wildman–Crippen LogP) is 5.12. The summed E-state index contributed by atoms with van der Waals surface area (Å²) in [6, 6.07) is 15.4. The molecule has 0 saturated carbocycles. The number of anilines is 1. The molecule has 1 N–H and O–H groups in total. The van der Waals surface area contributed by atoms with Crippen LogP contribution in [0.2, 0.25) is 0 Å². The van der Waals surface area contributed by atoms with E-state index in [2.05, 4.69) is 9.88 Å². The summed E-state index contributed by atoms with van der Waals surface area (Å²) in [6.45, 7) is 7.48. The maximum atomic E-state index is 14.1. The van der Waals surface area contributed by atoms with Gasteiger partial charge in [-0.15, -0.1) is 0 Å². The number of rotatable bonds is 6. The van der Waals surface area contributed by atoms with Gasteiger partial charge in [0.25, 0.3) is 0 Å². The molecule has 0 fully saturated rings. The second kappa shape index (κ2) is 10.1. The standard InChI is InChI=1S/C27H31FN4O2/c1-4-12-31(27(34)29-23-11-10-19(2)16-20(23)3)18-25(33)32-15-14-30-13-6-9-24(30)26(32)21-7-5-8-22(28)17-21/h5-11,13,16-17,26H,4,12,14-15,18H2,1-3H3,(H,29,34). The monoisotopic (exact) mass is 462 g/mol. The van der Waals surface area contributed by atoms with Gasteiger partial charge in [0.2, 0.25) is 5.91 Å². The topological polar surface area (TPSA) is 57.6 Å². The number of hydrogen-bond donors (Lipinski definition) is 1. The van der Waals surface area contributed by atoms with Crippen LogP contribution in [0.15, 0.2) is 60.8 Å². The summed E-state index contributed by atoms with van der Waals surface area (Å²) in [5.74, 6) is -0.500. The molecule has 4 rings (SSSR count). The third-order valence-corrected chi connectivity index (χ3v) is 6.25. The fraction of sp³-hybridized carbons (Fsp3) is 0.333. The lowest BCUT2D eigenvalue weighted by molar-refractivity contribution is -0.134. The lowest BCUT2D eigenvalue weighted by Crippen LogP contribution is -2.49. The zero-order valence-electron chi connectivity index (χ0n) is 19.9. The number of carbonyl (C=O) groups excluding carboxylic acids is 2. The van der Waals surface area contributed by atoms with Crippen LogP contribution < -0.4 is 5.32 Å². The van der Waals surface area contributed by atoms with Gasteiger partial charge in [-0.1, -0.05) is 36.8 Å². The van der Waals surface area contributed by atoms with Crippen LogP contribution in [-0.2, 0) is 11.3 Å². The van der Waals surface area contributed by atoms with Crippen molar-refractivity contribution in [1.82, 2.24) is 14.4 Å². The average Bonchev–Trinajstić information content (AvgIpc) is 3.28. The Labute approximate surface area is 200 Å². The summed E-state index contributed by atoms with van der Waals surface area (Å²) in [5, 5.41) is 2.96. The lowest BCUT2D eigenvalue weighted by atomic mass is 9.99. The number of aromatic nitrogens is 1. The molecule has 0 saturated heterocycles. The molecule has 2 aromatic carbocycles. The molecule has 178 valence electrons. The van der Waals surface area contributed by atoms with Gasteiger partial charge in [0.05, 0.1) is 6.04 Å². The van der Waals surface area contributed by atoms with Gasteiger partial charge in [0.1, 0.15) is 12.4 Å². The van der Waals surface area contributed by atoms with Crippen molar-refractivity contribution in [3.63, 3.8) is 0 Å². The van der Waals surface area contributed by atoms with Crippen LogP contribution in [0.25, 0.3) is 0 Å². The summed E-state index contributed by atoms with van der Waals surface area (Å²) < 4.78 is 16.2. The molecule has 0 spiro atoms. The Hall–Kier alpha value is -3.61. The molecule has 0 radical (unpaired) electrons. The van der Waals surface area contributed by atoms with Crippen LogP contribution in [0.3, 0.4) is 0 Å². The first kappa shape index (κ1) is 23.5. The predicted molar refractivity (Wildman–Crippen MR) is 131 cm³/mol. The fourth-order valence-electron chi connectivity index (χ4n) is 4.60. The van der Waals surface area contributed by atoms with Gasteiger partial charge in [0, 0.05) is 37.2 Å². The van der Waals surface area contributed by atoms with Crippen LogP contribution in [-0.4, -0.2) is 45.9 Å². The Kier molecular flexibility index (Phi) is 7.01. The first-order chi connectivity index (χ1) is 16.4. The van der Waals surface area contributed by atoms with Crippen LogP contribution in [0.5, 0.6) is 0 Å². The van der Waals surface area contributed by atoms with Crippen molar-refractivity contribution in [2.24, 2.45) is 0 Å². The van der Waals surface area contributed by atoms with Crippen LogP contribution >= 0.6 is 0 Å². The van der Waals surface area contributed by atoms with Gasteiger partial charge in [-0.25, -0.2) is 9.18 Å². The van der Waals surface area contributed by atoms with Gasteiger partial charge in [-0.3, -0.25) is 4.79 Å². The summed E-state index contributed by atoms with van der Waals surface area (Å²) in [4.78, 5) is 30.0. The number of benzene rings is 2. The number of fused-ring (bicyclic) bond motifs is 1. The Morgan fingerprint density at radius 2 is 1.91 bits per heavy atom. The van der Waals surface area contributed by atoms with Gasteiger partial charge >= 0.3 is 6.03 Å². The van der Waals surface area contributed by atoms with Gasteiger partial charge in [-0.2, -0.15) is 0 Å². The average molecular weight is 463 g/mol. The molecule has 0 bridgehead atoms. The van der Waals surface area contributed by atoms with Crippen LogP contribution in [0.4, 0.5) is 14.9 Å². The molecule has 1 aliphatic heterocycles. The number of amides is 3. The van der Waals surface area contributed by atoms with E-state index < -0.39 is 6.04 Å². The van der Waals surface area contributed by atoms with Crippen molar-refractivity contribution in [2.45, 2.75) is 39.8 Å². The van der Waals surface area contributed by atoms with E-state index in [4.69, 9.17) is 0 Å². The molecule has 3 amide bonds. The largest absolute Gasteiger partial charge is 0.348 e. The highest BCUT2D eigenvalue weighted by Crippen LogP contribution is 2.33. The number of nitrogens with zero attached hydrogens (tertiary/aromatic N) is 3. The second-order valence-electron chi connectivity index (χ2n) is 8.84. The minimum absolute atomic E-state index is 0.0445. The second-order valence-corrected chi connectivity index (χ2v) is 8.84. The third-order valence-electron chi connectivity index (χ3n) is 6.25. The molecule has 1 unspecified atom stereocenters. The number of halogens is 1. The zero-order chi connectivity index (χ0) is 24.2. The van der Waals surface area contributed by atoms with E-state index in [9.17, 15) is 14.0 Å². The van der Waals surface area contributed by atoms with E-state index in [0.717, 1.165) is 34.5 Å². The Morgan fingerprint density at radius 1 is 1.09 bits per heavy atom.